The van der Waals surface area contributed by atoms with Gasteiger partial charge in [-0.05, 0) is 49.9 Å². The lowest BCUT2D eigenvalue weighted by Crippen LogP contribution is -2.02. The number of nitrogen functional groups attached to an aromatic ring is 1. The molecule has 0 bridgehead atoms. The third kappa shape index (κ3) is 2.67. The average Bonchev–Trinajstić information content (AvgIpc) is 2.35. The zero-order valence-corrected chi connectivity index (χ0v) is 11.8. The van der Waals surface area contributed by atoms with Crippen molar-refractivity contribution in [3.8, 4) is 11.6 Å². The van der Waals surface area contributed by atoms with Crippen LogP contribution >= 0.6 is 0 Å². The van der Waals surface area contributed by atoms with Crippen LogP contribution in [0.2, 0.25) is 0 Å². The fourth-order valence-electron chi connectivity index (χ4n) is 2.04. The van der Waals surface area contributed by atoms with Crippen molar-refractivity contribution < 1.29 is 4.74 Å². The van der Waals surface area contributed by atoms with Crippen LogP contribution in [0, 0.1) is 20.8 Å². The number of nitrogens with zero attached hydrogens (tertiary/aromatic N) is 2. The molecule has 4 nitrogen and oxygen atoms in total. The average molecular weight is 257 g/mol. The monoisotopic (exact) mass is 257 g/mol. The molecule has 4 heteroatoms. The molecule has 2 rings (SSSR count). The molecular weight excluding hydrogens is 238 g/mol. The van der Waals surface area contributed by atoms with Crippen LogP contribution in [0.25, 0.3) is 0 Å². The summed E-state index contributed by atoms with van der Waals surface area (Å²) < 4.78 is 5.94. The Labute approximate surface area is 113 Å². The zero-order chi connectivity index (χ0) is 14.0. The molecule has 2 aromatic rings. The Bertz CT molecular complexity index is 609. The highest BCUT2D eigenvalue weighted by Crippen LogP contribution is 2.30. The van der Waals surface area contributed by atoms with Gasteiger partial charge in [0, 0.05) is 0 Å². The van der Waals surface area contributed by atoms with Crippen LogP contribution in [0.4, 0.5) is 5.82 Å². The van der Waals surface area contributed by atoms with Crippen molar-refractivity contribution in [2.24, 2.45) is 0 Å². The topological polar surface area (TPSA) is 61.0 Å². The molecule has 0 spiro atoms. The lowest BCUT2D eigenvalue weighted by Gasteiger charge is -2.14. The molecule has 0 saturated carbocycles. The van der Waals surface area contributed by atoms with Gasteiger partial charge in [0.1, 0.15) is 17.9 Å². The van der Waals surface area contributed by atoms with Crippen LogP contribution in [0.1, 0.15) is 29.2 Å². The number of benzene rings is 1. The van der Waals surface area contributed by atoms with Crippen LogP contribution in [0.3, 0.4) is 0 Å². The molecule has 0 amide bonds. The Morgan fingerprint density at radius 1 is 1.16 bits per heavy atom. The molecule has 1 heterocycles. The van der Waals surface area contributed by atoms with Crippen molar-refractivity contribution >= 4 is 5.82 Å². The van der Waals surface area contributed by atoms with Gasteiger partial charge < -0.3 is 10.5 Å². The molecule has 0 fully saturated rings. The fraction of sp³-hybridized carbons (Fsp3) is 0.333. The van der Waals surface area contributed by atoms with Crippen LogP contribution in [0.15, 0.2) is 18.5 Å². The summed E-state index contributed by atoms with van der Waals surface area (Å²) in [5, 5.41) is 0. The number of anilines is 1. The fourth-order valence-corrected chi connectivity index (χ4v) is 2.04. The van der Waals surface area contributed by atoms with Crippen LogP contribution in [0.5, 0.6) is 11.6 Å². The summed E-state index contributed by atoms with van der Waals surface area (Å²) in [6.45, 7) is 8.18. The Morgan fingerprint density at radius 2 is 1.89 bits per heavy atom. The van der Waals surface area contributed by atoms with E-state index in [0.29, 0.717) is 11.7 Å². The Morgan fingerprint density at radius 3 is 2.58 bits per heavy atom. The maximum Gasteiger partial charge on any atom is 0.227 e. The lowest BCUT2D eigenvalue weighted by molar-refractivity contribution is 0.451. The minimum atomic E-state index is 0.481. The lowest BCUT2D eigenvalue weighted by atomic mass is 10.1. The summed E-state index contributed by atoms with van der Waals surface area (Å²) in [7, 11) is 0. The number of rotatable bonds is 3. The highest BCUT2D eigenvalue weighted by molar-refractivity contribution is 5.48. The van der Waals surface area contributed by atoms with E-state index in [9.17, 15) is 0 Å². The standard InChI is InChI=1S/C15H19N3O/c1-5-12-14(16)17-8-18-15(12)19-13-7-9(2)6-10(3)11(13)4/h6-8H,5H2,1-4H3,(H2,16,17,18). The number of aromatic nitrogens is 2. The van der Waals surface area contributed by atoms with Gasteiger partial charge in [-0.1, -0.05) is 13.0 Å². The first-order chi connectivity index (χ1) is 9.02. The van der Waals surface area contributed by atoms with Gasteiger partial charge in [0.2, 0.25) is 5.88 Å². The van der Waals surface area contributed by atoms with Crippen LogP contribution < -0.4 is 10.5 Å². The maximum absolute atomic E-state index is 5.94. The maximum atomic E-state index is 5.94. The third-order valence-corrected chi connectivity index (χ3v) is 3.26. The second kappa shape index (κ2) is 5.26. The van der Waals surface area contributed by atoms with Crippen molar-refractivity contribution in [2.75, 3.05) is 5.73 Å². The molecular formula is C15H19N3O. The number of ether oxygens (including phenoxy) is 1. The molecule has 100 valence electrons. The van der Waals surface area contributed by atoms with Gasteiger partial charge in [-0.2, -0.15) is 0 Å². The molecule has 1 aromatic heterocycles. The molecule has 0 atom stereocenters. The third-order valence-electron chi connectivity index (χ3n) is 3.26. The Hall–Kier alpha value is -2.10. The van der Waals surface area contributed by atoms with E-state index in [0.717, 1.165) is 28.9 Å². The van der Waals surface area contributed by atoms with Gasteiger partial charge in [-0.15, -0.1) is 0 Å². The molecule has 0 aliphatic heterocycles. The molecule has 0 aliphatic carbocycles. The van der Waals surface area contributed by atoms with Crippen molar-refractivity contribution in [1.29, 1.82) is 0 Å². The number of aryl methyl sites for hydroxylation is 2. The zero-order valence-electron chi connectivity index (χ0n) is 11.8. The molecule has 0 radical (unpaired) electrons. The van der Waals surface area contributed by atoms with Gasteiger partial charge in [0.25, 0.3) is 0 Å². The molecule has 2 N–H and O–H groups in total. The molecule has 0 saturated heterocycles. The number of hydrogen-bond acceptors (Lipinski definition) is 4. The van der Waals surface area contributed by atoms with E-state index < -0.39 is 0 Å². The first kappa shape index (κ1) is 13.3. The van der Waals surface area contributed by atoms with E-state index in [-0.39, 0.29) is 0 Å². The first-order valence-electron chi connectivity index (χ1n) is 6.38. The SMILES string of the molecule is CCc1c(N)ncnc1Oc1cc(C)cc(C)c1C. The van der Waals surface area contributed by atoms with E-state index in [2.05, 4.69) is 23.0 Å². The van der Waals surface area contributed by atoms with Gasteiger partial charge in [-0.25, -0.2) is 9.97 Å². The number of hydrogen-bond donors (Lipinski definition) is 1. The molecule has 0 aliphatic rings. The minimum absolute atomic E-state index is 0.481. The van der Waals surface area contributed by atoms with Gasteiger partial charge in [0.05, 0.1) is 5.56 Å². The van der Waals surface area contributed by atoms with Crippen molar-refractivity contribution in [1.82, 2.24) is 9.97 Å². The summed E-state index contributed by atoms with van der Waals surface area (Å²) in [5.41, 5.74) is 10.2. The smallest absolute Gasteiger partial charge is 0.227 e. The van der Waals surface area contributed by atoms with Crippen molar-refractivity contribution in [3.63, 3.8) is 0 Å². The molecule has 19 heavy (non-hydrogen) atoms. The summed E-state index contributed by atoms with van der Waals surface area (Å²) in [6.07, 6.45) is 2.17. The second-order valence-corrected chi connectivity index (χ2v) is 4.70. The first-order valence-corrected chi connectivity index (χ1v) is 6.38. The summed E-state index contributed by atoms with van der Waals surface area (Å²) in [6, 6.07) is 4.15. The van der Waals surface area contributed by atoms with Crippen LogP contribution in [-0.4, -0.2) is 9.97 Å². The van der Waals surface area contributed by atoms with Crippen LogP contribution in [-0.2, 0) is 6.42 Å². The van der Waals surface area contributed by atoms with Crippen molar-refractivity contribution in [3.05, 3.63) is 40.7 Å². The highest BCUT2D eigenvalue weighted by atomic mass is 16.5. The normalized spacial score (nSPS) is 10.5. The predicted octanol–water partition coefficient (Wildman–Crippen LogP) is 3.34. The van der Waals surface area contributed by atoms with E-state index in [1.807, 2.05) is 26.8 Å². The Balaban J connectivity index is 2.45. The second-order valence-electron chi connectivity index (χ2n) is 4.70. The number of nitrogens with two attached hydrogens (primary N) is 1. The quantitative estimate of drug-likeness (QED) is 0.916. The molecule has 0 unspecified atom stereocenters. The van der Waals surface area contributed by atoms with Gasteiger partial charge in [-0.3, -0.25) is 0 Å². The minimum Gasteiger partial charge on any atom is -0.438 e. The van der Waals surface area contributed by atoms with E-state index >= 15 is 0 Å². The summed E-state index contributed by atoms with van der Waals surface area (Å²) in [5.74, 6) is 1.85. The molecule has 1 aromatic carbocycles. The van der Waals surface area contributed by atoms with Gasteiger partial charge in [0.15, 0.2) is 0 Å². The summed E-state index contributed by atoms with van der Waals surface area (Å²) >= 11 is 0. The van der Waals surface area contributed by atoms with Gasteiger partial charge >= 0.3 is 0 Å². The summed E-state index contributed by atoms with van der Waals surface area (Å²) in [4.78, 5) is 8.19. The van der Waals surface area contributed by atoms with Crippen molar-refractivity contribution in [2.45, 2.75) is 34.1 Å². The largest absolute Gasteiger partial charge is 0.438 e. The predicted molar refractivity (Wildman–Crippen MR) is 76.5 cm³/mol. The Kier molecular flexibility index (Phi) is 3.69. The highest BCUT2D eigenvalue weighted by Gasteiger charge is 2.12. The van der Waals surface area contributed by atoms with E-state index in [1.165, 1.54) is 11.9 Å². The van der Waals surface area contributed by atoms with E-state index in [1.54, 1.807) is 0 Å². The van der Waals surface area contributed by atoms with E-state index in [4.69, 9.17) is 10.5 Å².